The van der Waals surface area contributed by atoms with Crippen molar-refractivity contribution in [3.05, 3.63) is 38.9 Å². The summed E-state index contributed by atoms with van der Waals surface area (Å²) in [5.74, 6) is 0.924. The second-order valence-electron chi connectivity index (χ2n) is 5.35. The summed E-state index contributed by atoms with van der Waals surface area (Å²) in [7, 11) is 2.04. The highest BCUT2D eigenvalue weighted by molar-refractivity contribution is 7.09. The number of anilines is 1. The molecule has 0 aliphatic rings. The quantitative estimate of drug-likeness (QED) is 0.881. The zero-order chi connectivity index (χ0) is 15.4. The maximum atomic E-state index is 6.22. The molecule has 1 N–H and O–H groups in total. The summed E-state index contributed by atoms with van der Waals surface area (Å²) < 4.78 is 0. The minimum absolute atomic E-state index is 0.407. The predicted molar refractivity (Wildman–Crippen MR) is 90.2 cm³/mol. The summed E-state index contributed by atoms with van der Waals surface area (Å²) >= 11 is 7.90. The molecule has 4 nitrogen and oxygen atoms in total. The van der Waals surface area contributed by atoms with Gasteiger partial charge < -0.3 is 10.2 Å². The number of thiazole rings is 1. The molecule has 0 saturated carbocycles. The fraction of sp³-hybridized carbons (Fsp3) is 0.467. The Bertz CT molecular complexity index is 597. The van der Waals surface area contributed by atoms with Crippen LogP contribution in [-0.4, -0.2) is 23.1 Å². The van der Waals surface area contributed by atoms with Crippen molar-refractivity contribution in [2.45, 2.75) is 39.9 Å². The first-order valence-electron chi connectivity index (χ1n) is 6.96. The van der Waals surface area contributed by atoms with E-state index in [-0.39, 0.29) is 0 Å². The molecule has 0 saturated heterocycles. The van der Waals surface area contributed by atoms with Crippen LogP contribution in [0.15, 0.2) is 17.6 Å². The Morgan fingerprint density at radius 2 is 2.14 bits per heavy atom. The van der Waals surface area contributed by atoms with Crippen molar-refractivity contribution in [2.75, 3.05) is 11.9 Å². The van der Waals surface area contributed by atoms with E-state index in [0.717, 1.165) is 23.8 Å². The Morgan fingerprint density at radius 3 is 2.76 bits per heavy atom. The van der Waals surface area contributed by atoms with Crippen LogP contribution in [0.5, 0.6) is 0 Å². The minimum atomic E-state index is 0.407. The average molecular weight is 325 g/mol. The van der Waals surface area contributed by atoms with Gasteiger partial charge in [0.15, 0.2) is 0 Å². The van der Waals surface area contributed by atoms with Crippen LogP contribution in [-0.2, 0) is 13.1 Å². The Morgan fingerprint density at radius 1 is 1.38 bits per heavy atom. The summed E-state index contributed by atoms with van der Waals surface area (Å²) in [6.07, 6.45) is 0. The summed E-state index contributed by atoms with van der Waals surface area (Å²) in [6, 6.07) is 4.28. The molecule has 21 heavy (non-hydrogen) atoms. The molecule has 2 heterocycles. The molecule has 0 aliphatic carbocycles. The molecule has 0 amide bonds. The molecule has 0 bridgehead atoms. The molecule has 0 aliphatic heterocycles. The molecule has 0 spiro atoms. The smallest absolute Gasteiger partial charge is 0.129 e. The van der Waals surface area contributed by atoms with E-state index < -0.39 is 0 Å². The van der Waals surface area contributed by atoms with Crippen molar-refractivity contribution >= 4 is 28.8 Å². The van der Waals surface area contributed by atoms with Gasteiger partial charge in [0.1, 0.15) is 5.82 Å². The van der Waals surface area contributed by atoms with Crippen LogP contribution in [0, 0.1) is 6.92 Å². The summed E-state index contributed by atoms with van der Waals surface area (Å²) in [4.78, 5) is 12.3. The third-order valence-corrected chi connectivity index (χ3v) is 4.46. The fourth-order valence-electron chi connectivity index (χ4n) is 1.88. The average Bonchev–Trinajstić information content (AvgIpc) is 2.83. The van der Waals surface area contributed by atoms with Crippen LogP contribution in [0.2, 0.25) is 5.02 Å². The summed E-state index contributed by atoms with van der Waals surface area (Å²) in [5, 5.41) is 4.05. The van der Waals surface area contributed by atoms with Crippen molar-refractivity contribution in [3.63, 3.8) is 0 Å². The number of halogens is 1. The monoisotopic (exact) mass is 324 g/mol. The molecule has 2 aromatic rings. The van der Waals surface area contributed by atoms with Gasteiger partial charge >= 0.3 is 0 Å². The maximum Gasteiger partial charge on any atom is 0.129 e. The van der Waals surface area contributed by atoms with Gasteiger partial charge in [-0.25, -0.2) is 9.97 Å². The molecule has 0 unspecified atom stereocenters. The standard InChI is InChI=1S/C15H21ClN4S/c1-10(2)17-7-13-12(16)5-6-15(19-13)20(4)8-14-11(3)18-9-21-14/h5-6,9-10,17H,7-8H2,1-4H3. The van der Waals surface area contributed by atoms with Crippen molar-refractivity contribution in [2.24, 2.45) is 0 Å². The van der Waals surface area contributed by atoms with Gasteiger partial charge in [-0.3, -0.25) is 0 Å². The van der Waals surface area contributed by atoms with Gasteiger partial charge in [-0.05, 0) is 19.1 Å². The van der Waals surface area contributed by atoms with E-state index in [9.17, 15) is 0 Å². The predicted octanol–water partition coefficient (Wildman–Crippen LogP) is 3.63. The van der Waals surface area contributed by atoms with Gasteiger partial charge in [-0.1, -0.05) is 25.4 Å². The lowest BCUT2D eigenvalue weighted by Gasteiger charge is -2.19. The Kier molecular flexibility index (Phi) is 5.56. The number of aryl methyl sites for hydroxylation is 1. The fourth-order valence-corrected chi connectivity index (χ4v) is 2.89. The second-order valence-corrected chi connectivity index (χ2v) is 6.70. The number of hydrogen-bond acceptors (Lipinski definition) is 5. The molecular formula is C15H21ClN4S. The summed E-state index contributed by atoms with van der Waals surface area (Å²) in [6.45, 7) is 7.74. The third-order valence-electron chi connectivity index (χ3n) is 3.20. The first kappa shape index (κ1) is 16.2. The van der Waals surface area contributed by atoms with E-state index in [2.05, 4.69) is 34.0 Å². The topological polar surface area (TPSA) is 41.1 Å². The highest BCUT2D eigenvalue weighted by atomic mass is 35.5. The third kappa shape index (κ3) is 4.40. The highest BCUT2D eigenvalue weighted by Crippen LogP contribution is 2.22. The zero-order valence-corrected chi connectivity index (χ0v) is 14.4. The second kappa shape index (κ2) is 7.20. The first-order chi connectivity index (χ1) is 9.97. The van der Waals surface area contributed by atoms with Crippen LogP contribution in [0.3, 0.4) is 0 Å². The van der Waals surface area contributed by atoms with Crippen molar-refractivity contribution in [3.8, 4) is 0 Å². The molecule has 0 radical (unpaired) electrons. The Labute approximate surface area is 135 Å². The van der Waals surface area contributed by atoms with Crippen LogP contribution >= 0.6 is 22.9 Å². The number of hydrogen-bond donors (Lipinski definition) is 1. The number of rotatable bonds is 6. The van der Waals surface area contributed by atoms with E-state index in [4.69, 9.17) is 11.6 Å². The van der Waals surface area contributed by atoms with Crippen molar-refractivity contribution in [1.29, 1.82) is 0 Å². The van der Waals surface area contributed by atoms with Gasteiger partial charge in [0.05, 0.1) is 28.5 Å². The first-order valence-corrected chi connectivity index (χ1v) is 8.22. The molecule has 6 heteroatoms. The number of nitrogens with zero attached hydrogens (tertiary/aromatic N) is 3. The van der Waals surface area contributed by atoms with Crippen LogP contribution in [0.4, 0.5) is 5.82 Å². The van der Waals surface area contributed by atoms with E-state index in [1.165, 1.54) is 4.88 Å². The molecule has 0 atom stereocenters. The zero-order valence-electron chi connectivity index (χ0n) is 12.9. The number of pyridine rings is 1. The number of aromatic nitrogens is 2. The number of nitrogens with one attached hydrogen (secondary N) is 1. The van der Waals surface area contributed by atoms with Crippen LogP contribution in [0.25, 0.3) is 0 Å². The van der Waals surface area contributed by atoms with Gasteiger partial charge in [-0.2, -0.15) is 0 Å². The molecule has 2 rings (SSSR count). The molecule has 0 fully saturated rings. The molecular weight excluding hydrogens is 304 g/mol. The maximum absolute atomic E-state index is 6.22. The molecule has 0 aromatic carbocycles. The van der Waals surface area contributed by atoms with Gasteiger partial charge in [0.2, 0.25) is 0 Å². The molecule has 114 valence electrons. The highest BCUT2D eigenvalue weighted by Gasteiger charge is 2.10. The Balaban J connectivity index is 2.12. The van der Waals surface area contributed by atoms with Gasteiger partial charge in [0.25, 0.3) is 0 Å². The van der Waals surface area contributed by atoms with E-state index in [0.29, 0.717) is 17.6 Å². The van der Waals surface area contributed by atoms with Crippen LogP contribution < -0.4 is 10.2 Å². The van der Waals surface area contributed by atoms with Gasteiger partial charge in [-0.15, -0.1) is 11.3 Å². The lowest BCUT2D eigenvalue weighted by molar-refractivity contribution is 0.581. The van der Waals surface area contributed by atoms with E-state index >= 15 is 0 Å². The lowest BCUT2D eigenvalue weighted by atomic mass is 10.3. The van der Waals surface area contributed by atoms with Gasteiger partial charge in [0, 0.05) is 24.5 Å². The van der Waals surface area contributed by atoms with E-state index in [1.54, 1.807) is 11.3 Å². The largest absolute Gasteiger partial charge is 0.354 e. The Hall–Kier alpha value is -1.17. The van der Waals surface area contributed by atoms with Crippen LogP contribution in [0.1, 0.15) is 30.1 Å². The van der Waals surface area contributed by atoms with E-state index in [1.807, 2.05) is 31.6 Å². The normalized spacial score (nSPS) is 11.1. The minimum Gasteiger partial charge on any atom is -0.354 e. The van der Waals surface area contributed by atoms with Crippen molar-refractivity contribution in [1.82, 2.24) is 15.3 Å². The molecule has 2 aromatic heterocycles. The lowest BCUT2D eigenvalue weighted by Crippen LogP contribution is -2.24. The summed E-state index contributed by atoms with van der Waals surface area (Å²) in [5.41, 5.74) is 3.85. The SMILES string of the molecule is Cc1ncsc1CN(C)c1ccc(Cl)c(CNC(C)C)n1. The van der Waals surface area contributed by atoms with Crippen molar-refractivity contribution < 1.29 is 0 Å².